The van der Waals surface area contributed by atoms with E-state index in [1.165, 1.54) is 0 Å². The van der Waals surface area contributed by atoms with Gasteiger partial charge < -0.3 is 19.4 Å². The van der Waals surface area contributed by atoms with Crippen LogP contribution in [0.15, 0.2) is 29.6 Å². The number of thiophene rings is 1. The molecule has 0 bridgehead atoms. The Morgan fingerprint density at radius 3 is 2.66 bits per heavy atom. The van der Waals surface area contributed by atoms with E-state index in [-0.39, 0.29) is 11.9 Å². The Hall–Kier alpha value is -1.96. The molecule has 1 fully saturated rings. The third-order valence-corrected chi connectivity index (χ3v) is 6.33. The quantitative estimate of drug-likeness (QED) is 0.617. The predicted molar refractivity (Wildman–Crippen MR) is 120 cm³/mol. The van der Waals surface area contributed by atoms with Crippen molar-refractivity contribution in [3.8, 4) is 10.6 Å². The van der Waals surface area contributed by atoms with Crippen LogP contribution in [-0.4, -0.2) is 81.2 Å². The number of amides is 1. The predicted octanol–water partition coefficient (Wildman–Crippen LogP) is 3.45. The number of anilines is 1. The fourth-order valence-electron chi connectivity index (χ4n) is 3.81. The molecule has 0 spiro atoms. The highest BCUT2D eigenvalue weighted by atomic mass is 32.1. The number of hydrogen-bond acceptors (Lipinski definition) is 6. The lowest BCUT2D eigenvalue weighted by atomic mass is 10.0. The molecule has 3 rings (SSSR count). The first kappa shape index (κ1) is 21.7. The molecule has 0 saturated carbocycles. The number of carbonyl (C=O) groups is 1. The van der Waals surface area contributed by atoms with E-state index in [1.54, 1.807) is 18.4 Å². The van der Waals surface area contributed by atoms with E-state index in [9.17, 15) is 4.79 Å². The molecule has 0 aromatic carbocycles. The standard InChI is InChI=1S/C22H32N4O2S/c1-24(2)21-18(8-9-19(23-21)20-7-5-16-29-20)22(27)26(12-6-15-28-4)17-10-13-25(3)14-11-17/h5,7-9,16-17H,6,10-15H2,1-4H3. The minimum absolute atomic E-state index is 0.0737. The molecule has 158 valence electrons. The van der Waals surface area contributed by atoms with Crippen LogP contribution in [-0.2, 0) is 4.74 Å². The molecule has 0 aliphatic carbocycles. The zero-order valence-corrected chi connectivity index (χ0v) is 18.7. The van der Waals surface area contributed by atoms with Crippen LogP contribution in [0.2, 0.25) is 0 Å². The van der Waals surface area contributed by atoms with Gasteiger partial charge in [-0.15, -0.1) is 11.3 Å². The Kier molecular flexibility index (Phi) is 7.64. The summed E-state index contributed by atoms with van der Waals surface area (Å²) >= 11 is 1.66. The van der Waals surface area contributed by atoms with Gasteiger partial charge in [0.2, 0.25) is 0 Å². The van der Waals surface area contributed by atoms with Crippen LogP contribution in [0.4, 0.5) is 5.82 Å². The third-order valence-electron chi connectivity index (χ3n) is 5.44. The van der Waals surface area contributed by atoms with Crippen molar-refractivity contribution < 1.29 is 9.53 Å². The maximum atomic E-state index is 13.7. The number of hydrogen-bond donors (Lipinski definition) is 0. The molecule has 0 unspecified atom stereocenters. The SMILES string of the molecule is COCCCN(C(=O)c1ccc(-c2cccs2)nc1N(C)C)C1CCN(C)CC1. The topological polar surface area (TPSA) is 48.9 Å². The lowest BCUT2D eigenvalue weighted by Gasteiger charge is -2.38. The van der Waals surface area contributed by atoms with Gasteiger partial charge in [0.25, 0.3) is 5.91 Å². The molecule has 3 heterocycles. The molecular formula is C22H32N4O2S. The maximum absolute atomic E-state index is 13.7. The fourth-order valence-corrected chi connectivity index (χ4v) is 4.50. The number of likely N-dealkylation sites (tertiary alicyclic amines) is 1. The molecule has 0 radical (unpaired) electrons. The van der Waals surface area contributed by atoms with Crippen molar-refractivity contribution in [2.24, 2.45) is 0 Å². The Labute approximate surface area is 178 Å². The summed E-state index contributed by atoms with van der Waals surface area (Å²) in [5.74, 6) is 0.801. The van der Waals surface area contributed by atoms with Crippen LogP contribution < -0.4 is 4.90 Å². The monoisotopic (exact) mass is 416 g/mol. The highest BCUT2D eigenvalue weighted by Crippen LogP contribution is 2.28. The molecule has 6 nitrogen and oxygen atoms in total. The van der Waals surface area contributed by atoms with E-state index in [0.29, 0.717) is 18.7 Å². The van der Waals surface area contributed by atoms with Crippen molar-refractivity contribution >= 4 is 23.1 Å². The van der Waals surface area contributed by atoms with Crippen molar-refractivity contribution in [1.82, 2.24) is 14.8 Å². The van der Waals surface area contributed by atoms with E-state index in [4.69, 9.17) is 9.72 Å². The van der Waals surface area contributed by atoms with Gasteiger partial charge >= 0.3 is 0 Å². The van der Waals surface area contributed by atoms with Crippen LogP contribution in [0.1, 0.15) is 29.6 Å². The number of rotatable bonds is 8. The minimum atomic E-state index is 0.0737. The maximum Gasteiger partial charge on any atom is 0.257 e. The number of piperidine rings is 1. The molecular weight excluding hydrogens is 384 g/mol. The van der Waals surface area contributed by atoms with Crippen LogP contribution in [0, 0.1) is 0 Å². The zero-order valence-electron chi connectivity index (χ0n) is 17.9. The summed E-state index contributed by atoms with van der Waals surface area (Å²) in [4.78, 5) is 25.9. The van der Waals surface area contributed by atoms with E-state index in [0.717, 1.165) is 48.7 Å². The van der Waals surface area contributed by atoms with Gasteiger partial charge in [-0.1, -0.05) is 6.07 Å². The number of pyridine rings is 1. The zero-order chi connectivity index (χ0) is 20.8. The van der Waals surface area contributed by atoms with Crippen LogP contribution in [0.3, 0.4) is 0 Å². The molecule has 2 aromatic heterocycles. The molecule has 7 heteroatoms. The van der Waals surface area contributed by atoms with Crippen LogP contribution >= 0.6 is 11.3 Å². The molecule has 0 atom stereocenters. The van der Waals surface area contributed by atoms with Gasteiger partial charge in [-0.3, -0.25) is 4.79 Å². The summed E-state index contributed by atoms with van der Waals surface area (Å²) in [7, 11) is 7.74. The van der Waals surface area contributed by atoms with Gasteiger partial charge in [0.05, 0.1) is 16.1 Å². The van der Waals surface area contributed by atoms with Crippen molar-refractivity contribution in [3.05, 3.63) is 35.2 Å². The summed E-state index contributed by atoms with van der Waals surface area (Å²) in [5.41, 5.74) is 1.58. The first-order valence-electron chi connectivity index (χ1n) is 10.2. The Morgan fingerprint density at radius 2 is 2.03 bits per heavy atom. The van der Waals surface area contributed by atoms with Crippen molar-refractivity contribution in [2.45, 2.75) is 25.3 Å². The molecule has 2 aromatic rings. The van der Waals surface area contributed by atoms with Crippen molar-refractivity contribution in [2.75, 3.05) is 59.4 Å². The third kappa shape index (κ3) is 5.35. The normalized spacial score (nSPS) is 15.4. The number of carbonyl (C=O) groups excluding carboxylic acids is 1. The lowest BCUT2D eigenvalue weighted by molar-refractivity contribution is 0.0564. The first-order valence-corrected chi connectivity index (χ1v) is 11.1. The Bertz CT molecular complexity index is 786. The highest BCUT2D eigenvalue weighted by Gasteiger charge is 2.29. The number of methoxy groups -OCH3 is 1. The largest absolute Gasteiger partial charge is 0.385 e. The smallest absolute Gasteiger partial charge is 0.257 e. The number of nitrogens with zero attached hydrogens (tertiary/aromatic N) is 4. The summed E-state index contributed by atoms with van der Waals surface area (Å²) < 4.78 is 5.24. The average molecular weight is 417 g/mol. The van der Waals surface area contributed by atoms with Gasteiger partial charge in [-0.2, -0.15) is 0 Å². The molecule has 1 aliphatic rings. The Balaban J connectivity index is 1.89. The minimum Gasteiger partial charge on any atom is -0.385 e. The second kappa shape index (κ2) is 10.2. The highest BCUT2D eigenvalue weighted by molar-refractivity contribution is 7.13. The summed E-state index contributed by atoms with van der Waals surface area (Å²) in [6.45, 7) is 3.41. The van der Waals surface area contributed by atoms with Crippen LogP contribution in [0.25, 0.3) is 10.6 Å². The lowest BCUT2D eigenvalue weighted by Crippen LogP contribution is -2.47. The summed E-state index contributed by atoms with van der Waals surface area (Å²) in [6, 6.07) is 8.26. The molecule has 1 amide bonds. The van der Waals surface area contributed by atoms with E-state index in [2.05, 4.69) is 22.9 Å². The molecule has 1 aliphatic heterocycles. The molecule has 1 saturated heterocycles. The van der Waals surface area contributed by atoms with Gasteiger partial charge in [-0.05, 0) is 63.0 Å². The van der Waals surface area contributed by atoms with Crippen LogP contribution in [0.5, 0.6) is 0 Å². The molecule has 0 N–H and O–H groups in total. The fraction of sp³-hybridized carbons (Fsp3) is 0.545. The first-order chi connectivity index (χ1) is 14.0. The van der Waals surface area contributed by atoms with Gasteiger partial charge in [0, 0.05) is 40.4 Å². The van der Waals surface area contributed by atoms with Gasteiger partial charge in [0.15, 0.2) is 0 Å². The van der Waals surface area contributed by atoms with E-state index >= 15 is 0 Å². The summed E-state index contributed by atoms with van der Waals surface area (Å²) in [6.07, 6.45) is 2.85. The van der Waals surface area contributed by atoms with Gasteiger partial charge in [-0.25, -0.2) is 4.98 Å². The average Bonchev–Trinajstić information content (AvgIpc) is 3.26. The Morgan fingerprint density at radius 1 is 1.28 bits per heavy atom. The van der Waals surface area contributed by atoms with E-state index < -0.39 is 0 Å². The van der Waals surface area contributed by atoms with Crippen molar-refractivity contribution in [3.63, 3.8) is 0 Å². The molecule has 29 heavy (non-hydrogen) atoms. The number of ether oxygens (including phenoxy) is 1. The summed E-state index contributed by atoms with van der Waals surface area (Å²) in [5, 5.41) is 2.04. The van der Waals surface area contributed by atoms with Gasteiger partial charge in [0.1, 0.15) is 5.82 Å². The number of aromatic nitrogens is 1. The van der Waals surface area contributed by atoms with E-state index in [1.807, 2.05) is 42.6 Å². The second-order valence-corrected chi connectivity index (χ2v) is 8.77. The second-order valence-electron chi connectivity index (χ2n) is 7.82. The van der Waals surface area contributed by atoms with Crippen molar-refractivity contribution in [1.29, 1.82) is 0 Å².